The van der Waals surface area contributed by atoms with Gasteiger partial charge in [0.1, 0.15) is 11.6 Å². The largest absolute Gasteiger partial charge is 0.496 e. The highest BCUT2D eigenvalue weighted by Gasteiger charge is 2.19. The average molecular weight is 266 g/mol. The summed E-state index contributed by atoms with van der Waals surface area (Å²) in [6.07, 6.45) is 0. The molecule has 3 nitrogen and oxygen atoms in total. The number of halogens is 1. The Labute approximate surface area is 109 Å². The smallest absolute Gasteiger partial charge is 0.124 e. The van der Waals surface area contributed by atoms with Gasteiger partial charge in [0.15, 0.2) is 0 Å². The normalized spacial score (nSPS) is 12.4. The second-order valence-corrected chi connectivity index (χ2v) is 4.74. The molecule has 1 heterocycles. The highest BCUT2D eigenvalue weighted by molar-refractivity contribution is 7.08. The van der Waals surface area contributed by atoms with E-state index < -0.39 is 0 Å². The van der Waals surface area contributed by atoms with Gasteiger partial charge >= 0.3 is 0 Å². The number of thiophene rings is 1. The van der Waals surface area contributed by atoms with Gasteiger partial charge in [-0.15, -0.1) is 0 Å². The molecule has 1 aromatic heterocycles. The summed E-state index contributed by atoms with van der Waals surface area (Å²) < 4.78 is 18.7. The Morgan fingerprint density at radius 3 is 2.67 bits per heavy atom. The lowest BCUT2D eigenvalue weighted by molar-refractivity contribution is 0.402. The number of rotatable bonds is 4. The summed E-state index contributed by atoms with van der Waals surface area (Å²) in [5.74, 6) is 5.92. The van der Waals surface area contributed by atoms with Crippen LogP contribution >= 0.6 is 11.3 Å². The van der Waals surface area contributed by atoms with E-state index in [9.17, 15) is 4.39 Å². The zero-order valence-corrected chi connectivity index (χ0v) is 11.1. The van der Waals surface area contributed by atoms with E-state index in [2.05, 4.69) is 5.43 Å². The quantitative estimate of drug-likeness (QED) is 0.661. The second kappa shape index (κ2) is 5.48. The highest BCUT2D eigenvalue weighted by atomic mass is 32.1. The first-order chi connectivity index (χ1) is 8.67. The molecule has 1 aromatic carbocycles. The predicted molar refractivity (Wildman–Crippen MR) is 71.2 cm³/mol. The molecule has 3 N–H and O–H groups in total. The molecule has 0 saturated heterocycles. The number of benzene rings is 1. The van der Waals surface area contributed by atoms with E-state index >= 15 is 0 Å². The summed E-state index contributed by atoms with van der Waals surface area (Å²) in [6.45, 7) is 2.00. The van der Waals surface area contributed by atoms with Gasteiger partial charge in [0.05, 0.1) is 13.2 Å². The number of ether oxygens (including phenoxy) is 1. The number of aryl methyl sites for hydroxylation is 1. The van der Waals surface area contributed by atoms with Crippen molar-refractivity contribution in [3.05, 3.63) is 51.5 Å². The van der Waals surface area contributed by atoms with Crippen molar-refractivity contribution < 1.29 is 9.13 Å². The monoisotopic (exact) mass is 266 g/mol. The molecule has 96 valence electrons. The lowest BCUT2D eigenvalue weighted by Crippen LogP contribution is -2.29. The number of hydrogen-bond acceptors (Lipinski definition) is 4. The van der Waals surface area contributed by atoms with Crippen LogP contribution in [-0.4, -0.2) is 7.11 Å². The molecule has 0 bridgehead atoms. The Morgan fingerprint density at radius 1 is 1.33 bits per heavy atom. The molecule has 0 aliphatic carbocycles. The molecule has 0 aliphatic heterocycles. The van der Waals surface area contributed by atoms with E-state index in [0.717, 1.165) is 11.1 Å². The van der Waals surface area contributed by atoms with E-state index in [4.69, 9.17) is 10.6 Å². The fraction of sp³-hybridized carbons (Fsp3) is 0.231. The molecular formula is C13H15FN2OS. The first-order valence-corrected chi connectivity index (χ1v) is 6.44. The molecular weight excluding hydrogens is 251 g/mol. The topological polar surface area (TPSA) is 47.3 Å². The van der Waals surface area contributed by atoms with Crippen molar-refractivity contribution in [3.8, 4) is 5.75 Å². The van der Waals surface area contributed by atoms with Gasteiger partial charge in [0.25, 0.3) is 0 Å². The number of methoxy groups -OCH3 is 1. The predicted octanol–water partition coefficient (Wildman–Crippen LogP) is 2.76. The minimum Gasteiger partial charge on any atom is -0.496 e. The van der Waals surface area contributed by atoms with Crippen LogP contribution in [0.2, 0.25) is 0 Å². The summed E-state index contributed by atoms with van der Waals surface area (Å²) in [5.41, 5.74) is 5.57. The first kappa shape index (κ1) is 13.0. The van der Waals surface area contributed by atoms with Crippen molar-refractivity contribution in [2.75, 3.05) is 7.11 Å². The maximum absolute atomic E-state index is 13.4. The maximum atomic E-state index is 13.4. The zero-order valence-electron chi connectivity index (χ0n) is 10.2. The van der Waals surface area contributed by atoms with E-state index in [1.165, 1.54) is 12.1 Å². The van der Waals surface area contributed by atoms with Crippen molar-refractivity contribution in [2.24, 2.45) is 5.84 Å². The van der Waals surface area contributed by atoms with E-state index in [1.54, 1.807) is 24.5 Å². The number of nitrogens with two attached hydrogens (primary N) is 1. The molecule has 0 radical (unpaired) electrons. The molecule has 0 fully saturated rings. The van der Waals surface area contributed by atoms with Gasteiger partial charge in [-0.25, -0.2) is 9.82 Å². The Hall–Kier alpha value is -1.43. The minimum absolute atomic E-state index is 0.276. The summed E-state index contributed by atoms with van der Waals surface area (Å²) in [7, 11) is 1.56. The maximum Gasteiger partial charge on any atom is 0.124 e. The molecule has 1 unspecified atom stereocenters. The molecule has 2 aromatic rings. The fourth-order valence-corrected chi connectivity index (χ4v) is 2.82. The van der Waals surface area contributed by atoms with Crippen molar-refractivity contribution in [3.63, 3.8) is 0 Å². The average Bonchev–Trinajstić information content (AvgIpc) is 2.77. The molecule has 5 heteroatoms. The summed E-state index contributed by atoms with van der Waals surface area (Å²) in [4.78, 5) is 0. The van der Waals surface area contributed by atoms with Crippen LogP contribution in [0, 0.1) is 12.7 Å². The van der Waals surface area contributed by atoms with Gasteiger partial charge in [0.2, 0.25) is 0 Å². The molecule has 0 amide bonds. The molecule has 0 aliphatic rings. The van der Waals surface area contributed by atoms with Gasteiger partial charge < -0.3 is 4.74 Å². The standard InChI is InChI=1S/C13H15FN2OS/c1-8-6-18-7-11(8)13(16-15)10-5-9(14)3-4-12(10)17-2/h3-7,13,16H,15H2,1-2H3. The minimum atomic E-state index is -0.307. The lowest BCUT2D eigenvalue weighted by Gasteiger charge is -2.19. The molecule has 18 heavy (non-hydrogen) atoms. The Bertz CT molecular complexity index is 542. The van der Waals surface area contributed by atoms with E-state index in [1.807, 2.05) is 17.7 Å². The van der Waals surface area contributed by atoms with Crippen molar-refractivity contribution in [1.29, 1.82) is 0 Å². The van der Waals surface area contributed by atoms with Crippen LogP contribution in [0.1, 0.15) is 22.7 Å². The molecule has 2 rings (SSSR count). The fourth-order valence-electron chi connectivity index (χ4n) is 1.94. The van der Waals surface area contributed by atoms with E-state index in [-0.39, 0.29) is 11.9 Å². The van der Waals surface area contributed by atoms with Crippen LogP contribution in [0.5, 0.6) is 5.75 Å². The Morgan fingerprint density at radius 2 is 2.11 bits per heavy atom. The van der Waals surface area contributed by atoms with E-state index in [0.29, 0.717) is 11.3 Å². The third kappa shape index (κ3) is 2.38. The van der Waals surface area contributed by atoms with Crippen LogP contribution in [0.15, 0.2) is 29.0 Å². The zero-order chi connectivity index (χ0) is 13.1. The van der Waals surface area contributed by atoms with Gasteiger partial charge in [-0.1, -0.05) is 0 Å². The Kier molecular flexibility index (Phi) is 3.96. The van der Waals surface area contributed by atoms with Gasteiger partial charge in [0, 0.05) is 5.56 Å². The third-order valence-electron chi connectivity index (χ3n) is 2.88. The number of nitrogens with one attached hydrogen (secondary N) is 1. The van der Waals surface area contributed by atoms with Crippen molar-refractivity contribution in [1.82, 2.24) is 5.43 Å². The molecule has 0 spiro atoms. The second-order valence-electron chi connectivity index (χ2n) is 4.00. The van der Waals surface area contributed by atoms with Crippen molar-refractivity contribution in [2.45, 2.75) is 13.0 Å². The summed E-state index contributed by atoms with van der Waals surface area (Å²) in [6, 6.07) is 4.15. The number of hydrogen-bond donors (Lipinski definition) is 2. The van der Waals surface area contributed by atoms with Crippen LogP contribution in [0.3, 0.4) is 0 Å². The Balaban J connectivity index is 2.51. The highest BCUT2D eigenvalue weighted by Crippen LogP contribution is 2.33. The van der Waals surface area contributed by atoms with Gasteiger partial charge in [-0.2, -0.15) is 11.3 Å². The van der Waals surface area contributed by atoms with Gasteiger partial charge in [-0.3, -0.25) is 5.84 Å². The van der Waals surface area contributed by atoms with Crippen LogP contribution in [0.25, 0.3) is 0 Å². The first-order valence-electron chi connectivity index (χ1n) is 5.49. The molecule has 0 saturated carbocycles. The van der Waals surface area contributed by atoms with Crippen LogP contribution in [-0.2, 0) is 0 Å². The number of hydrazine groups is 1. The van der Waals surface area contributed by atoms with Crippen LogP contribution in [0.4, 0.5) is 4.39 Å². The SMILES string of the molecule is COc1ccc(F)cc1C(NN)c1cscc1C. The van der Waals surface area contributed by atoms with Gasteiger partial charge in [-0.05, 0) is 47.0 Å². The third-order valence-corrected chi connectivity index (χ3v) is 3.76. The van der Waals surface area contributed by atoms with Crippen molar-refractivity contribution >= 4 is 11.3 Å². The molecule has 1 atom stereocenters. The van der Waals surface area contributed by atoms with Crippen LogP contribution < -0.4 is 16.0 Å². The lowest BCUT2D eigenvalue weighted by atomic mass is 9.98. The summed E-state index contributed by atoms with van der Waals surface area (Å²) in [5, 5.41) is 4.04. The summed E-state index contributed by atoms with van der Waals surface area (Å²) >= 11 is 1.59.